The molecule has 0 spiro atoms. The van der Waals surface area contributed by atoms with Crippen LogP contribution in [0.25, 0.3) is 16.7 Å². The van der Waals surface area contributed by atoms with Crippen molar-refractivity contribution in [1.82, 2.24) is 14.5 Å². The summed E-state index contributed by atoms with van der Waals surface area (Å²) >= 11 is 6.19. The average molecular weight is 394 g/mol. The molecule has 3 aromatic carbocycles. The molecule has 4 nitrogen and oxygen atoms in total. The van der Waals surface area contributed by atoms with E-state index in [0.717, 1.165) is 16.7 Å². The minimum absolute atomic E-state index is 0.0374. The number of hydrogen-bond donors (Lipinski definition) is 0. The summed E-state index contributed by atoms with van der Waals surface area (Å²) in [5.74, 6) is -0.277. The second kappa shape index (κ2) is 7.44. The number of carbonyl (C=O) groups is 1. The predicted octanol–water partition coefficient (Wildman–Crippen LogP) is 5.09. The van der Waals surface area contributed by atoms with Gasteiger partial charge in [0.1, 0.15) is 11.6 Å². The summed E-state index contributed by atoms with van der Waals surface area (Å²) in [5.41, 5.74) is 2.57. The third-order valence-corrected chi connectivity index (χ3v) is 4.77. The number of hydrogen-bond acceptors (Lipinski definition) is 2. The number of para-hydroxylation sites is 1. The highest BCUT2D eigenvalue weighted by Gasteiger charge is 2.20. The van der Waals surface area contributed by atoms with Crippen LogP contribution < -0.4 is 0 Å². The maximum Gasteiger partial charge on any atom is 0.256 e. The molecular weight excluding hydrogens is 377 g/mol. The lowest BCUT2D eigenvalue weighted by molar-refractivity contribution is 0.0776. The highest BCUT2D eigenvalue weighted by molar-refractivity contribution is 6.31. The van der Waals surface area contributed by atoms with E-state index in [9.17, 15) is 9.18 Å². The number of amides is 1. The Bertz CT molecular complexity index is 1160. The minimum Gasteiger partial charge on any atom is -0.334 e. The average Bonchev–Trinajstić information content (AvgIpc) is 3.05. The first-order valence-electron chi connectivity index (χ1n) is 8.77. The molecule has 0 aliphatic rings. The SMILES string of the molecule is CN(Cc1nc2ccc(Cl)cc2n1-c1ccccc1)C(=O)c1ccccc1F. The molecule has 0 unspecified atom stereocenters. The quantitative estimate of drug-likeness (QED) is 0.484. The van der Waals surface area contributed by atoms with Gasteiger partial charge in [-0.15, -0.1) is 0 Å². The molecule has 0 saturated carbocycles. The molecule has 1 amide bonds. The minimum atomic E-state index is -0.539. The zero-order valence-electron chi connectivity index (χ0n) is 15.1. The van der Waals surface area contributed by atoms with Gasteiger partial charge in [-0.2, -0.15) is 0 Å². The van der Waals surface area contributed by atoms with Gasteiger partial charge in [-0.3, -0.25) is 9.36 Å². The van der Waals surface area contributed by atoms with E-state index in [4.69, 9.17) is 11.6 Å². The fourth-order valence-electron chi connectivity index (χ4n) is 3.19. The fourth-order valence-corrected chi connectivity index (χ4v) is 3.36. The monoisotopic (exact) mass is 393 g/mol. The van der Waals surface area contributed by atoms with Gasteiger partial charge >= 0.3 is 0 Å². The summed E-state index contributed by atoms with van der Waals surface area (Å²) in [6.45, 7) is 0.217. The zero-order chi connectivity index (χ0) is 19.7. The molecule has 1 heterocycles. The van der Waals surface area contributed by atoms with Crippen LogP contribution in [0.1, 0.15) is 16.2 Å². The van der Waals surface area contributed by atoms with E-state index in [1.807, 2.05) is 47.0 Å². The Balaban J connectivity index is 1.76. The number of rotatable bonds is 4. The number of carbonyl (C=O) groups excluding carboxylic acids is 1. The lowest BCUT2D eigenvalue weighted by atomic mass is 10.2. The molecular formula is C22H17ClFN3O. The van der Waals surface area contributed by atoms with E-state index >= 15 is 0 Å². The Hall–Kier alpha value is -3.18. The standard InChI is InChI=1S/C22H17ClFN3O/c1-26(22(28)17-9-5-6-10-18(17)24)14-21-25-19-12-11-15(23)13-20(19)27(21)16-7-3-2-4-8-16/h2-13H,14H2,1H3. The lowest BCUT2D eigenvalue weighted by Crippen LogP contribution is -2.28. The van der Waals surface area contributed by atoms with E-state index in [-0.39, 0.29) is 12.1 Å². The summed E-state index contributed by atoms with van der Waals surface area (Å²) in [6.07, 6.45) is 0. The maximum atomic E-state index is 14.0. The number of halogens is 2. The number of fused-ring (bicyclic) bond motifs is 1. The van der Waals surface area contributed by atoms with Gasteiger partial charge in [0.05, 0.1) is 23.1 Å². The van der Waals surface area contributed by atoms with Gasteiger partial charge in [-0.05, 0) is 42.5 Å². The topological polar surface area (TPSA) is 38.1 Å². The van der Waals surface area contributed by atoms with E-state index in [1.165, 1.54) is 17.0 Å². The Labute approximate surface area is 166 Å². The molecule has 0 aliphatic carbocycles. The third-order valence-electron chi connectivity index (χ3n) is 4.53. The molecule has 28 heavy (non-hydrogen) atoms. The molecule has 1 aromatic heterocycles. The molecule has 140 valence electrons. The van der Waals surface area contributed by atoms with Crippen LogP contribution in [-0.4, -0.2) is 27.4 Å². The lowest BCUT2D eigenvalue weighted by Gasteiger charge is -2.18. The molecule has 4 rings (SSSR count). The highest BCUT2D eigenvalue weighted by Crippen LogP contribution is 2.25. The van der Waals surface area contributed by atoms with Crippen molar-refractivity contribution in [2.45, 2.75) is 6.54 Å². The van der Waals surface area contributed by atoms with Crippen molar-refractivity contribution in [1.29, 1.82) is 0 Å². The predicted molar refractivity (Wildman–Crippen MR) is 108 cm³/mol. The summed E-state index contributed by atoms with van der Waals surface area (Å²) < 4.78 is 16.0. The van der Waals surface area contributed by atoms with Crippen LogP contribution in [0.15, 0.2) is 72.8 Å². The first kappa shape index (κ1) is 18.2. The van der Waals surface area contributed by atoms with Gasteiger partial charge in [-0.25, -0.2) is 9.37 Å². The molecule has 6 heteroatoms. The van der Waals surface area contributed by atoms with Crippen molar-refractivity contribution in [3.63, 3.8) is 0 Å². The first-order valence-corrected chi connectivity index (χ1v) is 9.14. The summed E-state index contributed by atoms with van der Waals surface area (Å²) in [4.78, 5) is 18.9. The Morgan fingerprint density at radius 1 is 1.07 bits per heavy atom. The van der Waals surface area contributed by atoms with Gasteiger partial charge in [0, 0.05) is 17.8 Å². The Morgan fingerprint density at radius 3 is 2.54 bits per heavy atom. The van der Waals surface area contributed by atoms with Crippen LogP contribution in [-0.2, 0) is 6.54 Å². The number of imidazole rings is 1. The van der Waals surface area contributed by atoms with Crippen molar-refractivity contribution in [3.05, 3.63) is 95.0 Å². The summed E-state index contributed by atoms with van der Waals surface area (Å²) in [6, 6.07) is 21.2. The molecule has 4 aromatic rings. The van der Waals surface area contributed by atoms with E-state index in [0.29, 0.717) is 10.8 Å². The van der Waals surface area contributed by atoms with Crippen molar-refractivity contribution < 1.29 is 9.18 Å². The van der Waals surface area contributed by atoms with Gasteiger partial charge in [-0.1, -0.05) is 41.9 Å². The molecule has 0 saturated heterocycles. The van der Waals surface area contributed by atoms with Crippen molar-refractivity contribution in [2.75, 3.05) is 7.05 Å². The molecule has 0 N–H and O–H groups in total. The molecule has 0 bridgehead atoms. The van der Waals surface area contributed by atoms with E-state index in [2.05, 4.69) is 4.98 Å². The second-order valence-corrected chi connectivity index (χ2v) is 6.91. The van der Waals surface area contributed by atoms with Crippen LogP contribution in [0, 0.1) is 5.82 Å². The molecule has 0 fully saturated rings. The maximum absolute atomic E-state index is 14.0. The van der Waals surface area contributed by atoms with Crippen molar-refractivity contribution in [3.8, 4) is 5.69 Å². The Kier molecular flexibility index (Phi) is 4.84. The largest absolute Gasteiger partial charge is 0.334 e. The fraction of sp³-hybridized carbons (Fsp3) is 0.0909. The number of nitrogens with zero attached hydrogens (tertiary/aromatic N) is 3. The first-order chi connectivity index (χ1) is 13.5. The van der Waals surface area contributed by atoms with Gasteiger partial charge in [0.15, 0.2) is 0 Å². The van der Waals surface area contributed by atoms with Crippen LogP contribution >= 0.6 is 11.6 Å². The van der Waals surface area contributed by atoms with Crippen LogP contribution in [0.2, 0.25) is 5.02 Å². The number of aromatic nitrogens is 2. The van der Waals surface area contributed by atoms with Gasteiger partial charge in [0.2, 0.25) is 0 Å². The molecule has 0 aliphatic heterocycles. The van der Waals surface area contributed by atoms with E-state index in [1.54, 1.807) is 25.2 Å². The van der Waals surface area contributed by atoms with Crippen molar-refractivity contribution >= 4 is 28.5 Å². The highest BCUT2D eigenvalue weighted by atomic mass is 35.5. The smallest absolute Gasteiger partial charge is 0.256 e. The summed E-state index contributed by atoms with van der Waals surface area (Å²) in [7, 11) is 1.64. The van der Waals surface area contributed by atoms with Gasteiger partial charge in [0.25, 0.3) is 5.91 Å². The van der Waals surface area contributed by atoms with Crippen LogP contribution in [0.3, 0.4) is 0 Å². The van der Waals surface area contributed by atoms with Gasteiger partial charge < -0.3 is 4.90 Å². The second-order valence-electron chi connectivity index (χ2n) is 6.47. The Morgan fingerprint density at radius 2 is 1.79 bits per heavy atom. The van der Waals surface area contributed by atoms with Crippen molar-refractivity contribution in [2.24, 2.45) is 0 Å². The normalized spacial score (nSPS) is 11.0. The zero-order valence-corrected chi connectivity index (χ0v) is 15.9. The summed E-state index contributed by atoms with van der Waals surface area (Å²) in [5, 5.41) is 0.604. The van der Waals surface area contributed by atoms with Crippen LogP contribution in [0.5, 0.6) is 0 Å². The van der Waals surface area contributed by atoms with Crippen LogP contribution in [0.4, 0.5) is 4.39 Å². The number of benzene rings is 3. The molecule has 0 radical (unpaired) electrons. The molecule has 0 atom stereocenters. The van der Waals surface area contributed by atoms with E-state index < -0.39 is 11.7 Å². The third kappa shape index (κ3) is 3.37.